The fourth-order valence-corrected chi connectivity index (χ4v) is 5.94. The van der Waals surface area contributed by atoms with Crippen molar-refractivity contribution in [3.63, 3.8) is 0 Å². The molecule has 0 spiro atoms. The Hall–Kier alpha value is -2.72. The maximum atomic E-state index is 13.1. The average Bonchev–Trinajstić information content (AvgIpc) is 3.34. The number of morpholine rings is 1. The van der Waals surface area contributed by atoms with E-state index in [1.807, 2.05) is 24.4 Å². The minimum absolute atomic E-state index is 0.0445. The number of aryl methyl sites for hydroxylation is 2. The first-order valence-corrected chi connectivity index (χ1v) is 13.5. The number of benzene rings is 2. The van der Waals surface area contributed by atoms with Gasteiger partial charge in [-0.15, -0.1) is 11.3 Å². The number of thiophene rings is 1. The average molecular weight is 500 g/mol. The zero-order valence-electron chi connectivity index (χ0n) is 19.3. The van der Waals surface area contributed by atoms with Crippen LogP contribution in [0.25, 0.3) is 0 Å². The molecule has 0 aliphatic carbocycles. The fraction of sp³-hybridized carbons (Fsp3) is 0.320. The van der Waals surface area contributed by atoms with Crippen molar-refractivity contribution in [2.75, 3.05) is 37.6 Å². The standard InChI is InChI=1S/C25H29N3O4S2/c1-18-5-3-6-20(15-18)27-34(30,31)21-9-8-19(2)22(16-21)25(29)26-17-23(24-7-4-14-33-24)28-10-12-32-13-11-28/h3-9,14-16,23,27H,10-13,17H2,1-2H3,(H,26,29). The Morgan fingerprint density at radius 2 is 1.88 bits per heavy atom. The molecule has 1 amide bonds. The van der Waals surface area contributed by atoms with Crippen molar-refractivity contribution < 1.29 is 17.9 Å². The van der Waals surface area contributed by atoms with E-state index in [0.717, 1.165) is 18.7 Å². The summed E-state index contributed by atoms with van der Waals surface area (Å²) < 4.78 is 34.0. The van der Waals surface area contributed by atoms with Crippen LogP contribution in [-0.4, -0.2) is 52.1 Å². The van der Waals surface area contributed by atoms with E-state index in [1.54, 1.807) is 42.5 Å². The van der Waals surface area contributed by atoms with Crippen molar-refractivity contribution in [3.05, 3.63) is 81.5 Å². The molecule has 180 valence electrons. The summed E-state index contributed by atoms with van der Waals surface area (Å²) in [5.74, 6) is -0.292. The number of rotatable bonds is 8. The van der Waals surface area contributed by atoms with Gasteiger partial charge in [-0.3, -0.25) is 14.4 Å². The molecular formula is C25H29N3O4S2. The number of hydrogen-bond acceptors (Lipinski definition) is 6. The molecule has 1 unspecified atom stereocenters. The van der Waals surface area contributed by atoms with Gasteiger partial charge in [0.15, 0.2) is 0 Å². The van der Waals surface area contributed by atoms with Gasteiger partial charge in [-0.25, -0.2) is 8.42 Å². The quantitative estimate of drug-likeness (QED) is 0.490. The van der Waals surface area contributed by atoms with Gasteiger partial charge >= 0.3 is 0 Å². The molecule has 7 nitrogen and oxygen atoms in total. The third-order valence-corrected chi connectivity index (χ3v) is 8.20. The van der Waals surface area contributed by atoms with Crippen LogP contribution in [0.15, 0.2) is 64.9 Å². The molecule has 9 heteroatoms. The van der Waals surface area contributed by atoms with E-state index in [-0.39, 0.29) is 16.8 Å². The van der Waals surface area contributed by atoms with Gasteiger partial charge in [-0.05, 0) is 60.7 Å². The predicted molar refractivity (Wildman–Crippen MR) is 135 cm³/mol. The molecule has 2 aromatic carbocycles. The van der Waals surface area contributed by atoms with Crippen molar-refractivity contribution in [3.8, 4) is 0 Å². The van der Waals surface area contributed by atoms with E-state index in [2.05, 4.69) is 21.0 Å². The maximum absolute atomic E-state index is 13.1. The highest BCUT2D eigenvalue weighted by Crippen LogP contribution is 2.26. The van der Waals surface area contributed by atoms with Gasteiger partial charge in [0.25, 0.3) is 15.9 Å². The van der Waals surface area contributed by atoms with Crippen LogP contribution in [0.3, 0.4) is 0 Å². The summed E-state index contributed by atoms with van der Waals surface area (Å²) in [7, 11) is -3.84. The number of amides is 1. The Morgan fingerprint density at radius 3 is 2.59 bits per heavy atom. The van der Waals surface area contributed by atoms with Crippen LogP contribution in [0.5, 0.6) is 0 Å². The molecule has 4 rings (SSSR count). The first kappa shape index (κ1) is 24.4. The predicted octanol–water partition coefficient (Wildman–Crippen LogP) is 3.97. The van der Waals surface area contributed by atoms with Gasteiger partial charge < -0.3 is 10.1 Å². The largest absolute Gasteiger partial charge is 0.379 e. The minimum Gasteiger partial charge on any atom is -0.379 e. The lowest BCUT2D eigenvalue weighted by molar-refractivity contribution is 0.0169. The number of sulfonamides is 1. The minimum atomic E-state index is -3.84. The Balaban J connectivity index is 1.51. The molecule has 1 atom stereocenters. The number of carbonyl (C=O) groups is 1. The molecule has 1 fully saturated rings. The summed E-state index contributed by atoms with van der Waals surface area (Å²) in [6.45, 7) is 7.07. The SMILES string of the molecule is Cc1cccc(NS(=O)(=O)c2ccc(C)c(C(=O)NCC(c3cccs3)N3CCOCC3)c2)c1. The number of hydrogen-bond donors (Lipinski definition) is 2. The van der Waals surface area contributed by atoms with E-state index in [9.17, 15) is 13.2 Å². The summed E-state index contributed by atoms with van der Waals surface area (Å²) in [5.41, 5.74) is 2.49. The van der Waals surface area contributed by atoms with E-state index in [0.29, 0.717) is 36.6 Å². The number of nitrogens with zero attached hydrogens (tertiary/aromatic N) is 1. The summed E-state index contributed by atoms with van der Waals surface area (Å²) in [6.07, 6.45) is 0. The summed E-state index contributed by atoms with van der Waals surface area (Å²) in [4.78, 5) is 16.7. The topological polar surface area (TPSA) is 87.7 Å². The second-order valence-corrected chi connectivity index (χ2v) is 11.0. The van der Waals surface area contributed by atoms with Crippen molar-refractivity contribution in [1.82, 2.24) is 10.2 Å². The third kappa shape index (κ3) is 5.85. The molecule has 1 saturated heterocycles. The molecule has 3 aromatic rings. The van der Waals surface area contributed by atoms with Crippen molar-refractivity contribution in [1.29, 1.82) is 0 Å². The lowest BCUT2D eigenvalue weighted by Gasteiger charge is -2.34. The van der Waals surface area contributed by atoms with Gasteiger partial charge in [0.2, 0.25) is 0 Å². The zero-order valence-corrected chi connectivity index (χ0v) is 20.9. The first-order chi connectivity index (χ1) is 16.3. The van der Waals surface area contributed by atoms with Crippen molar-refractivity contribution in [2.24, 2.45) is 0 Å². The van der Waals surface area contributed by atoms with E-state index < -0.39 is 10.0 Å². The van der Waals surface area contributed by atoms with Crippen molar-refractivity contribution in [2.45, 2.75) is 24.8 Å². The molecule has 0 bridgehead atoms. The van der Waals surface area contributed by atoms with Gasteiger partial charge in [0.1, 0.15) is 0 Å². The number of anilines is 1. The van der Waals surface area contributed by atoms with Gasteiger partial charge in [0.05, 0.1) is 24.2 Å². The lowest BCUT2D eigenvalue weighted by Crippen LogP contribution is -2.43. The Kier molecular flexibility index (Phi) is 7.67. The molecule has 1 aromatic heterocycles. The monoisotopic (exact) mass is 499 g/mol. The van der Waals surface area contributed by atoms with Crippen molar-refractivity contribution >= 4 is 33.0 Å². The number of ether oxygens (including phenoxy) is 1. The van der Waals surface area contributed by atoms with Crippen LogP contribution in [0, 0.1) is 13.8 Å². The molecule has 2 heterocycles. The van der Waals surface area contributed by atoms with Gasteiger partial charge in [-0.2, -0.15) is 0 Å². The van der Waals surface area contributed by atoms with Crippen LogP contribution < -0.4 is 10.0 Å². The molecule has 1 aliphatic heterocycles. The van der Waals surface area contributed by atoms with Crippen LogP contribution in [0.4, 0.5) is 5.69 Å². The van der Waals surface area contributed by atoms with Gasteiger partial charge in [0, 0.05) is 35.8 Å². The Morgan fingerprint density at radius 1 is 1.09 bits per heavy atom. The van der Waals surface area contributed by atoms with Crippen LogP contribution >= 0.6 is 11.3 Å². The molecule has 0 saturated carbocycles. The molecule has 0 radical (unpaired) electrons. The highest BCUT2D eigenvalue weighted by Gasteiger charge is 2.25. The van der Waals surface area contributed by atoms with Crippen LogP contribution in [-0.2, 0) is 14.8 Å². The smallest absolute Gasteiger partial charge is 0.261 e. The number of carbonyl (C=O) groups excluding carboxylic acids is 1. The molecular weight excluding hydrogens is 470 g/mol. The molecule has 2 N–H and O–H groups in total. The number of nitrogens with one attached hydrogen (secondary N) is 2. The van der Waals surface area contributed by atoms with E-state index in [4.69, 9.17) is 4.74 Å². The van der Waals surface area contributed by atoms with E-state index in [1.165, 1.54) is 17.0 Å². The molecule has 34 heavy (non-hydrogen) atoms. The van der Waals surface area contributed by atoms with Crippen LogP contribution in [0.1, 0.15) is 32.4 Å². The van der Waals surface area contributed by atoms with Gasteiger partial charge in [-0.1, -0.05) is 24.3 Å². The molecule has 1 aliphatic rings. The Bertz CT molecular complexity index is 1240. The lowest BCUT2D eigenvalue weighted by atomic mass is 10.1. The first-order valence-electron chi connectivity index (χ1n) is 11.2. The summed E-state index contributed by atoms with van der Waals surface area (Å²) >= 11 is 1.66. The second kappa shape index (κ2) is 10.7. The van der Waals surface area contributed by atoms with E-state index >= 15 is 0 Å². The maximum Gasteiger partial charge on any atom is 0.261 e. The fourth-order valence-electron chi connectivity index (χ4n) is 4.00. The normalized spacial score (nSPS) is 15.6. The highest BCUT2D eigenvalue weighted by atomic mass is 32.2. The highest BCUT2D eigenvalue weighted by molar-refractivity contribution is 7.92. The Labute approximate surface area is 204 Å². The third-order valence-electron chi connectivity index (χ3n) is 5.85. The van der Waals surface area contributed by atoms with Crippen LogP contribution in [0.2, 0.25) is 0 Å². The summed E-state index contributed by atoms with van der Waals surface area (Å²) in [6, 6.07) is 15.9. The summed E-state index contributed by atoms with van der Waals surface area (Å²) in [5, 5.41) is 5.06. The second-order valence-electron chi connectivity index (χ2n) is 8.34. The zero-order chi connectivity index (χ0) is 24.1.